The molecule has 178 valence electrons. The van der Waals surface area contributed by atoms with Crippen molar-refractivity contribution < 1.29 is 9.53 Å². The molecule has 0 spiro atoms. The van der Waals surface area contributed by atoms with Crippen LogP contribution in [0, 0.1) is 23.7 Å². The molecule has 0 radical (unpaired) electrons. The number of esters is 1. The highest BCUT2D eigenvalue weighted by Crippen LogP contribution is 2.42. The minimum atomic E-state index is -0.0626. The maximum Gasteiger partial charge on any atom is 0.314 e. The van der Waals surface area contributed by atoms with Crippen molar-refractivity contribution in [3.8, 4) is 17.1 Å². The molecule has 1 heterocycles. The Kier molecular flexibility index (Phi) is 8.52. The average molecular weight is 449 g/mol. The quantitative estimate of drug-likeness (QED) is 0.311. The number of hydrogen-bond donors (Lipinski definition) is 0. The van der Waals surface area contributed by atoms with E-state index < -0.39 is 0 Å². The van der Waals surface area contributed by atoms with Crippen LogP contribution in [0.15, 0.2) is 36.7 Å². The Hall–Kier alpha value is -2.23. The van der Waals surface area contributed by atoms with E-state index in [-0.39, 0.29) is 11.9 Å². The van der Waals surface area contributed by atoms with Crippen molar-refractivity contribution in [2.45, 2.75) is 90.9 Å². The first-order chi connectivity index (χ1) is 16.2. The van der Waals surface area contributed by atoms with Crippen LogP contribution < -0.4 is 4.74 Å². The van der Waals surface area contributed by atoms with E-state index >= 15 is 0 Å². The third-order valence-corrected chi connectivity index (χ3v) is 8.10. The first-order valence-corrected chi connectivity index (χ1v) is 13.3. The number of carbonyl (C=O) groups excluding carboxylic acids is 1. The van der Waals surface area contributed by atoms with Crippen LogP contribution in [0.2, 0.25) is 0 Å². The average Bonchev–Trinajstić information content (AvgIpc) is 2.88. The normalized spacial score (nSPS) is 25.5. The second kappa shape index (κ2) is 11.8. The lowest BCUT2D eigenvalue weighted by Gasteiger charge is -2.37. The van der Waals surface area contributed by atoms with Gasteiger partial charge in [0, 0.05) is 18.0 Å². The predicted octanol–water partition coefficient (Wildman–Crippen LogP) is 7.41. The third-order valence-electron chi connectivity index (χ3n) is 8.10. The molecule has 2 fully saturated rings. The number of unbranched alkanes of at least 4 members (excludes halogenated alkanes) is 1. The van der Waals surface area contributed by atoms with Gasteiger partial charge >= 0.3 is 5.97 Å². The van der Waals surface area contributed by atoms with Crippen molar-refractivity contribution in [2.75, 3.05) is 0 Å². The van der Waals surface area contributed by atoms with Gasteiger partial charge in [0.15, 0.2) is 5.82 Å². The lowest BCUT2D eigenvalue weighted by Crippen LogP contribution is -2.30. The number of carbonyl (C=O) groups is 1. The molecule has 0 saturated heterocycles. The Morgan fingerprint density at radius 1 is 0.879 bits per heavy atom. The van der Waals surface area contributed by atoms with Crippen LogP contribution in [0.3, 0.4) is 0 Å². The number of hydrogen-bond acceptors (Lipinski definition) is 4. The summed E-state index contributed by atoms with van der Waals surface area (Å²) in [5, 5.41) is 0. The van der Waals surface area contributed by atoms with Crippen LogP contribution in [0.4, 0.5) is 0 Å². The van der Waals surface area contributed by atoms with Gasteiger partial charge in [0.1, 0.15) is 5.75 Å². The highest BCUT2D eigenvalue weighted by atomic mass is 16.5. The summed E-state index contributed by atoms with van der Waals surface area (Å²) in [7, 11) is 0. The van der Waals surface area contributed by atoms with E-state index in [9.17, 15) is 4.79 Å². The Morgan fingerprint density at radius 2 is 1.48 bits per heavy atom. The second-order valence-corrected chi connectivity index (χ2v) is 10.3. The van der Waals surface area contributed by atoms with Crippen molar-refractivity contribution in [3.63, 3.8) is 0 Å². The van der Waals surface area contributed by atoms with E-state index in [0.29, 0.717) is 11.6 Å². The van der Waals surface area contributed by atoms with Crippen molar-refractivity contribution in [2.24, 2.45) is 23.7 Å². The zero-order valence-electron chi connectivity index (χ0n) is 20.5. The van der Waals surface area contributed by atoms with Gasteiger partial charge in [-0.25, -0.2) is 9.97 Å². The van der Waals surface area contributed by atoms with Gasteiger partial charge in [-0.1, -0.05) is 39.5 Å². The molecule has 1 aromatic heterocycles. The number of aryl methyl sites for hydroxylation is 1. The Balaban J connectivity index is 1.24. The summed E-state index contributed by atoms with van der Waals surface area (Å²) in [5.41, 5.74) is 2.12. The molecule has 1 aromatic carbocycles. The summed E-state index contributed by atoms with van der Waals surface area (Å²) in [5.74, 6) is 3.97. The van der Waals surface area contributed by atoms with E-state index in [2.05, 4.69) is 23.8 Å². The van der Waals surface area contributed by atoms with E-state index in [1.807, 2.05) is 36.7 Å². The summed E-state index contributed by atoms with van der Waals surface area (Å²) in [6, 6.07) is 7.60. The molecule has 2 aliphatic carbocycles. The monoisotopic (exact) mass is 448 g/mol. The predicted molar refractivity (Wildman–Crippen MR) is 133 cm³/mol. The first kappa shape index (κ1) is 23.9. The molecule has 2 aromatic rings. The zero-order chi connectivity index (χ0) is 23.0. The van der Waals surface area contributed by atoms with Crippen molar-refractivity contribution >= 4 is 5.97 Å². The number of nitrogens with zero attached hydrogens (tertiary/aromatic N) is 2. The van der Waals surface area contributed by atoms with Crippen molar-refractivity contribution in [1.29, 1.82) is 0 Å². The van der Waals surface area contributed by atoms with Gasteiger partial charge in [-0.3, -0.25) is 4.79 Å². The topological polar surface area (TPSA) is 52.1 Å². The van der Waals surface area contributed by atoms with Crippen molar-refractivity contribution in [3.05, 3.63) is 42.2 Å². The van der Waals surface area contributed by atoms with Gasteiger partial charge in [0.05, 0.1) is 5.92 Å². The van der Waals surface area contributed by atoms with Gasteiger partial charge in [0.25, 0.3) is 0 Å². The first-order valence-electron chi connectivity index (χ1n) is 13.3. The Labute approximate surface area is 199 Å². The SMILES string of the molecule is CCCCc1cnc(-c2ccc(OC(=O)[C@H]3CC[C@H]([C@H]4CC[C@H](CC)CC4)CC3)cc2)nc1. The molecule has 0 N–H and O–H groups in total. The summed E-state index contributed by atoms with van der Waals surface area (Å²) >= 11 is 0. The molecule has 0 unspecified atom stereocenters. The third kappa shape index (κ3) is 6.43. The van der Waals surface area contributed by atoms with Gasteiger partial charge in [-0.15, -0.1) is 0 Å². The molecule has 0 amide bonds. The fourth-order valence-electron chi connectivity index (χ4n) is 5.78. The van der Waals surface area contributed by atoms with Crippen LogP contribution in [0.25, 0.3) is 11.4 Å². The minimum absolute atomic E-state index is 0.0481. The van der Waals surface area contributed by atoms with Crippen molar-refractivity contribution in [1.82, 2.24) is 9.97 Å². The molecule has 2 aliphatic rings. The summed E-state index contributed by atoms with van der Waals surface area (Å²) < 4.78 is 5.74. The van der Waals surface area contributed by atoms with Gasteiger partial charge in [-0.05, 0) is 98.9 Å². The Morgan fingerprint density at radius 3 is 2.06 bits per heavy atom. The molecule has 0 bridgehead atoms. The largest absolute Gasteiger partial charge is 0.426 e. The fourth-order valence-corrected chi connectivity index (χ4v) is 5.78. The molecule has 4 nitrogen and oxygen atoms in total. The number of benzene rings is 1. The van der Waals surface area contributed by atoms with E-state index in [1.165, 1.54) is 56.9 Å². The lowest BCUT2D eigenvalue weighted by molar-refractivity contribution is -0.140. The van der Waals surface area contributed by atoms with E-state index in [1.54, 1.807) is 0 Å². The summed E-state index contributed by atoms with van der Waals surface area (Å²) in [6.45, 7) is 4.52. The summed E-state index contributed by atoms with van der Waals surface area (Å²) in [6.07, 6.45) is 18.5. The lowest BCUT2D eigenvalue weighted by atomic mass is 9.69. The minimum Gasteiger partial charge on any atom is -0.426 e. The molecule has 0 atom stereocenters. The molecule has 33 heavy (non-hydrogen) atoms. The van der Waals surface area contributed by atoms with Crippen LogP contribution in [0.1, 0.15) is 90.0 Å². The highest BCUT2D eigenvalue weighted by Gasteiger charge is 2.33. The van der Waals surface area contributed by atoms with Crippen LogP contribution in [0.5, 0.6) is 5.75 Å². The van der Waals surface area contributed by atoms with E-state index in [4.69, 9.17) is 4.74 Å². The molecule has 4 heteroatoms. The second-order valence-electron chi connectivity index (χ2n) is 10.3. The van der Waals surface area contributed by atoms with Gasteiger partial charge in [0.2, 0.25) is 0 Å². The van der Waals surface area contributed by atoms with Crippen LogP contribution in [-0.4, -0.2) is 15.9 Å². The maximum absolute atomic E-state index is 12.8. The molecular formula is C29H40N2O2. The standard InChI is InChI=1S/C29H40N2O2/c1-3-5-6-22-19-30-28(31-20-22)25-15-17-27(18-16-25)33-29(32)26-13-11-24(12-14-26)23-9-7-21(4-2)8-10-23/h15-21,23-24,26H,3-14H2,1-2H3/t21-,23-,24-,26-. The number of aromatic nitrogens is 2. The zero-order valence-corrected chi connectivity index (χ0v) is 20.5. The summed E-state index contributed by atoms with van der Waals surface area (Å²) in [4.78, 5) is 21.8. The smallest absolute Gasteiger partial charge is 0.314 e. The highest BCUT2D eigenvalue weighted by molar-refractivity contribution is 5.75. The molecule has 2 saturated carbocycles. The Bertz CT molecular complexity index is 861. The number of rotatable bonds is 8. The van der Waals surface area contributed by atoms with Gasteiger partial charge in [-0.2, -0.15) is 0 Å². The van der Waals surface area contributed by atoms with Crippen LogP contribution >= 0.6 is 0 Å². The molecule has 0 aliphatic heterocycles. The number of ether oxygens (including phenoxy) is 1. The molecule has 4 rings (SSSR count). The fraction of sp³-hybridized carbons (Fsp3) is 0.621. The van der Waals surface area contributed by atoms with Crippen LogP contribution in [-0.2, 0) is 11.2 Å². The van der Waals surface area contributed by atoms with E-state index in [0.717, 1.165) is 49.0 Å². The maximum atomic E-state index is 12.8. The molecular weight excluding hydrogens is 408 g/mol. The van der Waals surface area contributed by atoms with Gasteiger partial charge < -0.3 is 4.74 Å².